The van der Waals surface area contributed by atoms with Gasteiger partial charge in [0.15, 0.2) is 0 Å². The quantitative estimate of drug-likeness (QED) is 0.525. The van der Waals surface area contributed by atoms with Crippen LogP contribution in [0.4, 0.5) is 0 Å². The van der Waals surface area contributed by atoms with Crippen LogP contribution in [0.3, 0.4) is 0 Å². The summed E-state index contributed by atoms with van der Waals surface area (Å²) in [6, 6.07) is 13.9. The predicted octanol–water partition coefficient (Wildman–Crippen LogP) is 7.85. The van der Waals surface area contributed by atoms with Gasteiger partial charge in [-0.2, -0.15) is 0 Å². The number of benzene rings is 2. The summed E-state index contributed by atoms with van der Waals surface area (Å²) in [5.41, 5.74) is 8.76. The van der Waals surface area contributed by atoms with Crippen LogP contribution < -0.4 is 0 Å². The molecule has 0 radical (unpaired) electrons. The van der Waals surface area contributed by atoms with Crippen LogP contribution in [0.5, 0.6) is 0 Å². The first-order chi connectivity index (χ1) is 11.2. The van der Waals surface area contributed by atoms with Crippen LogP contribution in [0.15, 0.2) is 36.4 Å². The Hall–Kier alpha value is -1.56. The topological polar surface area (TPSA) is 0 Å². The Balaban J connectivity index is 2.69. The molecule has 2 aromatic carbocycles. The molecular formula is C24H34. The van der Waals surface area contributed by atoms with Crippen molar-refractivity contribution >= 4 is 0 Å². The van der Waals surface area contributed by atoms with Crippen molar-refractivity contribution in [2.45, 2.75) is 79.1 Å². The molecule has 2 rings (SSSR count). The standard InChI is InChI=1S/C24H34/c1-15(2)20-13-12-19(14-23(20)17(5)6)22-11-9-10-21(16(3)4)24(22)18(7)8/h9-18H,1-8H3. The molecule has 0 aliphatic heterocycles. The number of hydrogen-bond acceptors (Lipinski definition) is 0. The minimum atomic E-state index is 0.533. The van der Waals surface area contributed by atoms with Gasteiger partial charge in [-0.15, -0.1) is 0 Å². The molecule has 0 bridgehead atoms. The maximum absolute atomic E-state index is 2.44. The number of rotatable bonds is 5. The maximum Gasteiger partial charge on any atom is -0.0146 e. The highest BCUT2D eigenvalue weighted by Crippen LogP contribution is 2.37. The second-order valence-corrected chi connectivity index (χ2v) is 8.27. The molecule has 0 atom stereocenters. The van der Waals surface area contributed by atoms with Crippen LogP contribution in [0.1, 0.15) is 101 Å². The zero-order valence-corrected chi connectivity index (χ0v) is 16.8. The zero-order valence-electron chi connectivity index (χ0n) is 16.8. The molecule has 130 valence electrons. The molecule has 0 heterocycles. The van der Waals surface area contributed by atoms with E-state index in [1.165, 1.54) is 33.4 Å². The van der Waals surface area contributed by atoms with Gasteiger partial charge in [-0.05, 0) is 57.1 Å². The lowest BCUT2D eigenvalue weighted by Gasteiger charge is -2.22. The SMILES string of the molecule is CC(C)c1ccc(-c2cccc(C(C)C)c2C(C)C)cc1C(C)C. The Morgan fingerprint density at radius 2 is 1.12 bits per heavy atom. The van der Waals surface area contributed by atoms with Gasteiger partial charge in [-0.1, -0.05) is 91.8 Å². The molecule has 0 heteroatoms. The fourth-order valence-electron chi connectivity index (χ4n) is 3.75. The summed E-state index contributed by atoms with van der Waals surface area (Å²) in [6.45, 7) is 18.4. The molecule has 0 saturated heterocycles. The summed E-state index contributed by atoms with van der Waals surface area (Å²) in [7, 11) is 0. The van der Waals surface area contributed by atoms with E-state index in [9.17, 15) is 0 Å². The van der Waals surface area contributed by atoms with E-state index in [4.69, 9.17) is 0 Å². The van der Waals surface area contributed by atoms with Gasteiger partial charge in [0.2, 0.25) is 0 Å². The van der Waals surface area contributed by atoms with E-state index in [0.717, 1.165) is 0 Å². The highest BCUT2D eigenvalue weighted by atomic mass is 14.2. The van der Waals surface area contributed by atoms with Crippen molar-refractivity contribution in [2.24, 2.45) is 0 Å². The molecule has 0 unspecified atom stereocenters. The highest BCUT2D eigenvalue weighted by Gasteiger charge is 2.17. The molecule has 24 heavy (non-hydrogen) atoms. The summed E-state index contributed by atoms with van der Waals surface area (Å²) >= 11 is 0. The first-order valence-electron chi connectivity index (χ1n) is 9.51. The molecule has 0 amide bonds. The van der Waals surface area contributed by atoms with Crippen LogP contribution in [0.25, 0.3) is 11.1 Å². The van der Waals surface area contributed by atoms with Crippen molar-refractivity contribution in [3.63, 3.8) is 0 Å². The lowest BCUT2D eigenvalue weighted by atomic mass is 9.82. The van der Waals surface area contributed by atoms with Crippen molar-refractivity contribution in [3.05, 3.63) is 58.7 Å². The normalized spacial score (nSPS) is 12.0. The van der Waals surface area contributed by atoms with Crippen LogP contribution in [0.2, 0.25) is 0 Å². The lowest BCUT2D eigenvalue weighted by Crippen LogP contribution is -2.03. The van der Waals surface area contributed by atoms with Gasteiger partial charge in [0, 0.05) is 0 Å². The van der Waals surface area contributed by atoms with E-state index >= 15 is 0 Å². The van der Waals surface area contributed by atoms with Crippen LogP contribution in [-0.4, -0.2) is 0 Å². The summed E-state index contributed by atoms with van der Waals surface area (Å²) in [5.74, 6) is 2.22. The third-order valence-corrected chi connectivity index (χ3v) is 4.98. The lowest BCUT2D eigenvalue weighted by molar-refractivity contribution is 0.787. The molecule has 2 aromatic rings. The predicted molar refractivity (Wildman–Crippen MR) is 108 cm³/mol. The van der Waals surface area contributed by atoms with Crippen molar-refractivity contribution in [1.29, 1.82) is 0 Å². The van der Waals surface area contributed by atoms with E-state index in [1.807, 2.05) is 0 Å². The zero-order chi connectivity index (χ0) is 18.0. The molecule has 0 fully saturated rings. The third-order valence-electron chi connectivity index (χ3n) is 4.98. The van der Waals surface area contributed by atoms with Gasteiger partial charge in [0.05, 0.1) is 0 Å². The van der Waals surface area contributed by atoms with Gasteiger partial charge < -0.3 is 0 Å². The van der Waals surface area contributed by atoms with E-state index in [1.54, 1.807) is 0 Å². The molecule has 0 spiro atoms. The van der Waals surface area contributed by atoms with Crippen LogP contribution in [0, 0.1) is 0 Å². The summed E-state index contributed by atoms with van der Waals surface area (Å²) in [6.07, 6.45) is 0. The molecule has 0 nitrogen and oxygen atoms in total. The van der Waals surface area contributed by atoms with Crippen molar-refractivity contribution in [3.8, 4) is 11.1 Å². The summed E-state index contributed by atoms with van der Waals surface area (Å²) < 4.78 is 0. The van der Waals surface area contributed by atoms with Crippen molar-refractivity contribution in [2.75, 3.05) is 0 Å². The minimum absolute atomic E-state index is 0.533. The fraction of sp³-hybridized carbons (Fsp3) is 0.500. The first-order valence-corrected chi connectivity index (χ1v) is 9.51. The Morgan fingerprint density at radius 3 is 1.62 bits per heavy atom. The summed E-state index contributed by atoms with van der Waals surface area (Å²) in [5, 5.41) is 0. The van der Waals surface area contributed by atoms with E-state index in [-0.39, 0.29) is 0 Å². The van der Waals surface area contributed by atoms with Gasteiger partial charge >= 0.3 is 0 Å². The van der Waals surface area contributed by atoms with Crippen molar-refractivity contribution in [1.82, 2.24) is 0 Å². The molecule has 0 aromatic heterocycles. The van der Waals surface area contributed by atoms with Gasteiger partial charge in [-0.3, -0.25) is 0 Å². The fourth-order valence-corrected chi connectivity index (χ4v) is 3.75. The maximum atomic E-state index is 2.44. The molecular weight excluding hydrogens is 288 g/mol. The van der Waals surface area contributed by atoms with Crippen LogP contribution >= 0.6 is 0 Å². The average Bonchev–Trinajstić information content (AvgIpc) is 2.53. The van der Waals surface area contributed by atoms with Gasteiger partial charge in [-0.25, -0.2) is 0 Å². The average molecular weight is 323 g/mol. The second kappa shape index (κ2) is 7.55. The Labute approximate surface area is 149 Å². The van der Waals surface area contributed by atoms with Crippen molar-refractivity contribution < 1.29 is 0 Å². The van der Waals surface area contributed by atoms with E-state index in [2.05, 4.69) is 91.8 Å². The molecule has 0 saturated carbocycles. The first kappa shape index (κ1) is 18.8. The van der Waals surface area contributed by atoms with Gasteiger partial charge in [0.25, 0.3) is 0 Å². The largest absolute Gasteiger partial charge is 0.0613 e. The van der Waals surface area contributed by atoms with E-state index < -0.39 is 0 Å². The Morgan fingerprint density at radius 1 is 0.542 bits per heavy atom. The van der Waals surface area contributed by atoms with Crippen LogP contribution in [-0.2, 0) is 0 Å². The third kappa shape index (κ3) is 3.74. The van der Waals surface area contributed by atoms with Gasteiger partial charge in [0.1, 0.15) is 0 Å². The Bertz CT molecular complexity index is 687. The molecule has 0 N–H and O–H groups in total. The Kier molecular flexibility index (Phi) is 5.91. The minimum Gasteiger partial charge on any atom is -0.0613 e. The monoisotopic (exact) mass is 322 g/mol. The molecule has 0 aliphatic rings. The highest BCUT2D eigenvalue weighted by molar-refractivity contribution is 5.71. The smallest absolute Gasteiger partial charge is 0.0146 e. The molecule has 0 aliphatic carbocycles. The summed E-state index contributed by atoms with van der Waals surface area (Å²) in [4.78, 5) is 0. The number of hydrogen-bond donors (Lipinski definition) is 0. The van der Waals surface area contributed by atoms with E-state index in [0.29, 0.717) is 23.7 Å². The second-order valence-electron chi connectivity index (χ2n) is 8.27.